The van der Waals surface area contributed by atoms with E-state index in [1.807, 2.05) is 15.9 Å². The van der Waals surface area contributed by atoms with Gasteiger partial charge >= 0.3 is 0 Å². The van der Waals surface area contributed by atoms with Crippen LogP contribution in [0.25, 0.3) is 27.1 Å². The van der Waals surface area contributed by atoms with E-state index in [4.69, 9.17) is 5.73 Å². The fourth-order valence-electron chi connectivity index (χ4n) is 6.61. The van der Waals surface area contributed by atoms with Gasteiger partial charge in [0.15, 0.2) is 5.65 Å². The molecule has 3 atom stereocenters. The van der Waals surface area contributed by atoms with Crippen molar-refractivity contribution in [2.45, 2.75) is 65.3 Å². The van der Waals surface area contributed by atoms with Crippen molar-refractivity contribution in [3.05, 3.63) is 39.7 Å². The molecule has 3 unspecified atom stereocenters. The summed E-state index contributed by atoms with van der Waals surface area (Å²) in [5.41, 5.74) is 14.0. The lowest BCUT2D eigenvalue weighted by molar-refractivity contribution is -0.119. The summed E-state index contributed by atoms with van der Waals surface area (Å²) in [5, 5.41) is 5.81. The molecule has 0 radical (unpaired) electrons. The second kappa shape index (κ2) is 7.65. The maximum Gasteiger partial charge on any atom is 0.231 e. The fraction of sp³-hybridized carbons (Fsp3) is 0.500. The number of aryl methyl sites for hydroxylation is 2. The molecule has 7 nitrogen and oxygen atoms in total. The maximum absolute atomic E-state index is 11.4. The van der Waals surface area contributed by atoms with Crippen molar-refractivity contribution in [2.75, 3.05) is 13.1 Å². The molecule has 4 aromatic rings. The van der Waals surface area contributed by atoms with Gasteiger partial charge in [0.1, 0.15) is 11.2 Å². The Morgan fingerprint density at radius 3 is 2.71 bits per heavy atom. The van der Waals surface area contributed by atoms with Crippen molar-refractivity contribution in [3.8, 4) is 11.3 Å². The van der Waals surface area contributed by atoms with Crippen LogP contribution >= 0.6 is 11.3 Å². The topological polar surface area (TPSA) is 92.3 Å². The second-order valence-electron chi connectivity index (χ2n) is 10.6. The van der Waals surface area contributed by atoms with Crippen molar-refractivity contribution in [1.29, 1.82) is 0 Å². The number of piperidine rings is 1. The van der Waals surface area contributed by atoms with Gasteiger partial charge in [-0.1, -0.05) is 13.8 Å². The van der Waals surface area contributed by atoms with Gasteiger partial charge < -0.3 is 10.7 Å². The van der Waals surface area contributed by atoms with E-state index in [-0.39, 0.29) is 5.91 Å². The molecule has 8 heteroatoms. The van der Waals surface area contributed by atoms with E-state index in [1.54, 1.807) is 6.33 Å². The minimum Gasteiger partial charge on any atom is -0.369 e. The van der Waals surface area contributed by atoms with E-state index >= 15 is 0 Å². The summed E-state index contributed by atoms with van der Waals surface area (Å²) in [4.78, 5) is 24.8. The summed E-state index contributed by atoms with van der Waals surface area (Å²) >= 11 is 1.94. The monoisotopic (exact) mass is 476 g/mol. The first kappa shape index (κ1) is 21.8. The number of carbonyl (C=O) groups excluding carboxylic acids is 1. The van der Waals surface area contributed by atoms with Crippen molar-refractivity contribution >= 4 is 33.1 Å². The Hall–Kier alpha value is -2.71. The summed E-state index contributed by atoms with van der Waals surface area (Å²) in [5.74, 6) is 1.38. The largest absolute Gasteiger partial charge is 0.369 e. The molecule has 2 bridgehead atoms. The number of nitrogens with one attached hydrogen (secondary N) is 1. The van der Waals surface area contributed by atoms with Crippen LogP contribution in [0.1, 0.15) is 65.7 Å². The first-order chi connectivity index (χ1) is 16.2. The average Bonchev–Trinajstić information content (AvgIpc) is 3.57. The van der Waals surface area contributed by atoms with Gasteiger partial charge in [0.2, 0.25) is 5.91 Å². The van der Waals surface area contributed by atoms with Gasteiger partial charge in [-0.3, -0.25) is 9.69 Å². The number of thiophene rings is 1. The molecule has 0 aromatic carbocycles. The number of hydrogen-bond donors (Lipinski definition) is 2. The van der Waals surface area contributed by atoms with E-state index in [1.165, 1.54) is 55.0 Å². The van der Waals surface area contributed by atoms with Crippen LogP contribution in [0.4, 0.5) is 0 Å². The Morgan fingerprint density at radius 1 is 1.24 bits per heavy atom. The van der Waals surface area contributed by atoms with Gasteiger partial charge in [-0.2, -0.15) is 5.10 Å². The number of amides is 1. The number of nitrogens with zero attached hydrogens (tertiary/aromatic N) is 4. The van der Waals surface area contributed by atoms with Gasteiger partial charge in [-0.05, 0) is 73.6 Å². The summed E-state index contributed by atoms with van der Waals surface area (Å²) in [7, 11) is 0. The van der Waals surface area contributed by atoms with Gasteiger partial charge in [0.05, 0.1) is 12.2 Å². The van der Waals surface area contributed by atoms with Gasteiger partial charge in [0.25, 0.3) is 0 Å². The van der Waals surface area contributed by atoms with E-state index < -0.39 is 0 Å². The summed E-state index contributed by atoms with van der Waals surface area (Å²) < 4.78 is 1.89. The quantitative estimate of drug-likeness (QED) is 0.438. The highest BCUT2D eigenvalue weighted by Crippen LogP contribution is 2.53. The molecule has 1 saturated carbocycles. The number of H-pyrrole nitrogens is 1. The highest BCUT2D eigenvalue weighted by Gasteiger charge is 2.46. The number of nitrogens with two attached hydrogens (primary N) is 1. The second-order valence-corrected chi connectivity index (χ2v) is 11.6. The van der Waals surface area contributed by atoms with Crippen LogP contribution in [0.2, 0.25) is 0 Å². The lowest BCUT2D eigenvalue weighted by Crippen LogP contribution is -2.40. The molecule has 1 aliphatic heterocycles. The number of carbonyl (C=O) groups is 1. The maximum atomic E-state index is 11.4. The van der Waals surface area contributed by atoms with Crippen molar-refractivity contribution < 1.29 is 4.79 Å². The molecule has 1 aliphatic carbocycles. The summed E-state index contributed by atoms with van der Waals surface area (Å²) in [6.07, 6.45) is 6.05. The number of pyridine rings is 1. The number of fused-ring (bicyclic) bond motifs is 4. The van der Waals surface area contributed by atoms with Crippen LogP contribution in [-0.2, 0) is 4.79 Å². The minimum absolute atomic E-state index is 0.214. The number of hydrogen-bond acceptors (Lipinski definition) is 5. The highest BCUT2D eigenvalue weighted by molar-refractivity contribution is 7.19. The molecule has 178 valence electrons. The molecule has 4 aromatic heterocycles. The van der Waals surface area contributed by atoms with Gasteiger partial charge in [0, 0.05) is 34.6 Å². The number of likely N-dealkylation sites (tertiary alicyclic amines) is 1. The Balaban J connectivity index is 1.43. The highest BCUT2D eigenvalue weighted by atomic mass is 32.1. The predicted octanol–water partition coefficient (Wildman–Crippen LogP) is 4.65. The predicted molar refractivity (Wildman–Crippen MR) is 136 cm³/mol. The lowest BCUT2D eigenvalue weighted by atomic mass is 9.88. The number of aromatic nitrogens is 4. The number of aromatic amines is 1. The Morgan fingerprint density at radius 2 is 2.03 bits per heavy atom. The molecule has 6 rings (SSSR count). The molecule has 3 N–H and O–H groups in total. The van der Waals surface area contributed by atoms with Crippen LogP contribution in [0.15, 0.2) is 12.5 Å². The van der Waals surface area contributed by atoms with Crippen molar-refractivity contribution in [3.63, 3.8) is 0 Å². The summed E-state index contributed by atoms with van der Waals surface area (Å²) in [6, 6.07) is 0.488. The standard InChI is InChI=1S/C26H32N6OS/c1-12(2)21-22-15(5)24(18-7-17-6-16(18)8-31(17)10-20(27)33)34-26(22)30-23(21)19-9-32-25(28-11-29-32)14(4)13(19)3/h9,11-12,16-18,30H,6-8,10H2,1-5H3,(H2,27,33). The molecular weight excluding hydrogens is 444 g/mol. The van der Waals surface area contributed by atoms with Crippen molar-refractivity contribution in [2.24, 2.45) is 11.7 Å². The smallest absolute Gasteiger partial charge is 0.231 e. The number of rotatable bonds is 5. The molecule has 5 heterocycles. The first-order valence-corrected chi connectivity index (χ1v) is 13.0. The minimum atomic E-state index is -0.214. The third-order valence-electron chi connectivity index (χ3n) is 8.28. The zero-order valence-electron chi connectivity index (χ0n) is 20.5. The third kappa shape index (κ3) is 3.08. The summed E-state index contributed by atoms with van der Waals surface area (Å²) in [6.45, 7) is 12.6. The first-order valence-electron chi connectivity index (χ1n) is 12.2. The average molecular weight is 477 g/mol. The van der Waals surface area contributed by atoms with E-state index in [0.29, 0.717) is 30.3 Å². The Bertz CT molecular complexity index is 1440. The third-order valence-corrected chi connectivity index (χ3v) is 9.62. The Kier molecular flexibility index (Phi) is 4.90. The van der Waals surface area contributed by atoms with Gasteiger partial charge in [-0.15, -0.1) is 11.3 Å². The zero-order chi connectivity index (χ0) is 23.9. The van der Waals surface area contributed by atoms with Crippen LogP contribution in [0.3, 0.4) is 0 Å². The molecule has 1 amide bonds. The van der Waals surface area contributed by atoms with E-state index in [2.05, 4.69) is 60.8 Å². The zero-order valence-corrected chi connectivity index (χ0v) is 21.3. The van der Waals surface area contributed by atoms with Crippen molar-refractivity contribution in [1.82, 2.24) is 24.5 Å². The van der Waals surface area contributed by atoms with E-state index in [0.717, 1.165) is 18.6 Å². The molecular formula is C26H32N6OS. The Labute approximate surface area is 203 Å². The fourth-order valence-corrected chi connectivity index (χ4v) is 8.04. The van der Waals surface area contributed by atoms with Crippen LogP contribution < -0.4 is 5.73 Å². The van der Waals surface area contributed by atoms with Gasteiger partial charge in [-0.25, -0.2) is 9.50 Å². The van der Waals surface area contributed by atoms with E-state index in [9.17, 15) is 4.79 Å². The lowest BCUT2D eigenvalue weighted by Gasteiger charge is -2.30. The SMILES string of the molecule is Cc1c(-c2[nH]c3sc(C4CC5CC4CN5CC(N)=O)c(C)c3c2C(C)C)cn2ncnc2c1C. The van der Waals surface area contributed by atoms with Crippen LogP contribution in [0, 0.1) is 26.7 Å². The number of primary amides is 1. The molecule has 2 fully saturated rings. The normalized spacial score (nSPS) is 22.7. The van der Waals surface area contributed by atoms with Crippen LogP contribution in [-0.4, -0.2) is 49.5 Å². The molecule has 34 heavy (non-hydrogen) atoms. The molecule has 0 spiro atoms. The van der Waals surface area contributed by atoms with Crippen LogP contribution in [0.5, 0.6) is 0 Å². The molecule has 1 saturated heterocycles. The molecule has 2 aliphatic rings.